The average molecular weight is 282 g/mol. The zero-order valence-corrected chi connectivity index (χ0v) is 10.7. The van der Waals surface area contributed by atoms with Crippen LogP contribution in [0.25, 0.3) is 0 Å². The highest BCUT2D eigenvalue weighted by Crippen LogP contribution is 2.44. The van der Waals surface area contributed by atoms with E-state index in [1.807, 2.05) is 0 Å². The predicted molar refractivity (Wildman–Crippen MR) is 65.2 cm³/mol. The number of carbonyl (C=O) groups excluding carboxylic acids is 2. The number of halogens is 3. The minimum atomic E-state index is -4.36. The summed E-state index contributed by atoms with van der Waals surface area (Å²) in [6.45, 7) is 0. The van der Waals surface area contributed by atoms with Gasteiger partial charge in [0.15, 0.2) is 0 Å². The van der Waals surface area contributed by atoms with E-state index >= 15 is 0 Å². The first-order chi connectivity index (χ1) is 9.36. The van der Waals surface area contributed by atoms with Gasteiger partial charge in [0.25, 0.3) is 0 Å². The van der Waals surface area contributed by atoms with Crippen molar-refractivity contribution in [1.29, 1.82) is 0 Å². The van der Waals surface area contributed by atoms with Crippen LogP contribution in [0.5, 0.6) is 0 Å². The first-order valence-corrected chi connectivity index (χ1v) is 6.60. The fourth-order valence-electron chi connectivity index (χ4n) is 3.37. The molecular formula is C15H13F3O2. The number of hydrogen-bond acceptors (Lipinski definition) is 2. The van der Waals surface area contributed by atoms with E-state index in [-0.39, 0.29) is 36.2 Å². The second-order valence-corrected chi connectivity index (χ2v) is 5.55. The van der Waals surface area contributed by atoms with Crippen LogP contribution in [0, 0.1) is 5.92 Å². The number of alkyl halides is 3. The van der Waals surface area contributed by atoms with E-state index in [2.05, 4.69) is 0 Å². The van der Waals surface area contributed by atoms with Crippen molar-refractivity contribution in [3.05, 3.63) is 34.9 Å². The van der Waals surface area contributed by atoms with Gasteiger partial charge < -0.3 is 0 Å². The summed E-state index contributed by atoms with van der Waals surface area (Å²) in [4.78, 5) is 23.4. The Morgan fingerprint density at radius 3 is 2.55 bits per heavy atom. The van der Waals surface area contributed by atoms with Crippen LogP contribution in [-0.2, 0) is 22.2 Å². The Morgan fingerprint density at radius 1 is 1.10 bits per heavy atom. The van der Waals surface area contributed by atoms with Gasteiger partial charge in [0, 0.05) is 18.3 Å². The lowest BCUT2D eigenvalue weighted by Crippen LogP contribution is -2.35. The van der Waals surface area contributed by atoms with Crippen molar-refractivity contribution in [3.8, 4) is 0 Å². The van der Waals surface area contributed by atoms with Gasteiger partial charge in [-0.3, -0.25) is 9.59 Å². The SMILES string of the molecule is O=C1CC(=O)C2CCc3cc(C(F)(F)F)ccc3C2C1. The molecule has 1 saturated carbocycles. The smallest absolute Gasteiger partial charge is 0.299 e. The Kier molecular flexibility index (Phi) is 2.96. The molecular weight excluding hydrogens is 269 g/mol. The number of rotatable bonds is 0. The first-order valence-electron chi connectivity index (χ1n) is 6.60. The van der Waals surface area contributed by atoms with Crippen molar-refractivity contribution in [2.45, 2.75) is 37.8 Å². The summed E-state index contributed by atoms with van der Waals surface area (Å²) in [6.07, 6.45) is -3.08. The molecule has 0 N–H and O–H groups in total. The quantitative estimate of drug-likeness (QED) is 0.684. The third-order valence-electron chi connectivity index (χ3n) is 4.31. The number of carbonyl (C=O) groups is 2. The van der Waals surface area contributed by atoms with E-state index in [0.717, 1.165) is 17.7 Å². The Balaban J connectivity index is 2.01. The average Bonchev–Trinajstić information content (AvgIpc) is 2.36. The zero-order chi connectivity index (χ0) is 14.5. The summed E-state index contributed by atoms with van der Waals surface area (Å²) in [7, 11) is 0. The topological polar surface area (TPSA) is 34.1 Å². The maximum Gasteiger partial charge on any atom is 0.416 e. The fourth-order valence-corrected chi connectivity index (χ4v) is 3.37. The summed E-state index contributed by atoms with van der Waals surface area (Å²) in [5.41, 5.74) is 0.711. The Bertz CT molecular complexity index is 589. The van der Waals surface area contributed by atoms with Crippen molar-refractivity contribution in [3.63, 3.8) is 0 Å². The van der Waals surface area contributed by atoms with Crippen molar-refractivity contribution in [2.75, 3.05) is 0 Å². The van der Waals surface area contributed by atoms with Gasteiger partial charge in [0.1, 0.15) is 11.6 Å². The molecule has 2 atom stereocenters. The number of Topliss-reactive ketones (excluding diaryl/α,β-unsaturated/α-hetero) is 2. The number of aryl methyl sites for hydroxylation is 1. The fraction of sp³-hybridized carbons (Fsp3) is 0.467. The lowest BCUT2D eigenvalue weighted by Gasteiger charge is -2.35. The zero-order valence-electron chi connectivity index (χ0n) is 10.7. The molecule has 20 heavy (non-hydrogen) atoms. The van der Waals surface area contributed by atoms with Crippen LogP contribution < -0.4 is 0 Å². The number of fused-ring (bicyclic) bond motifs is 3. The summed E-state index contributed by atoms with van der Waals surface area (Å²) in [6, 6.07) is 3.65. The Morgan fingerprint density at radius 2 is 1.85 bits per heavy atom. The molecule has 0 heterocycles. The molecule has 0 amide bonds. The highest BCUT2D eigenvalue weighted by Gasteiger charge is 2.40. The molecule has 0 spiro atoms. The second-order valence-electron chi connectivity index (χ2n) is 5.55. The van der Waals surface area contributed by atoms with Crippen LogP contribution in [0.1, 0.15) is 41.9 Å². The molecule has 2 aliphatic rings. The van der Waals surface area contributed by atoms with E-state index in [4.69, 9.17) is 0 Å². The highest BCUT2D eigenvalue weighted by molar-refractivity contribution is 6.03. The van der Waals surface area contributed by atoms with E-state index < -0.39 is 11.7 Å². The van der Waals surface area contributed by atoms with Crippen LogP contribution in [-0.4, -0.2) is 11.6 Å². The van der Waals surface area contributed by atoms with E-state index in [1.165, 1.54) is 6.07 Å². The van der Waals surface area contributed by atoms with Gasteiger partial charge in [0.2, 0.25) is 0 Å². The van der Waals surface area contributed by atoms with Gasteiger partial charge >= 0.3 is 6.18 Å². The maximum absolute atomic E-state index is 12.7. The molecule has 0 saturated heterocycles. The van der Waals surface area contributed by atoms with E-state index in [9.17, 15) is 22.8 Å². The molecule has 0 aliphatic heterocycles. The monoisotopic (exact) mass is 282 g/mol. The second kappa shape index (κ2) is 4.43. The summed E-state index contributed by atoms with van der Waals surface area (Å²) < 4.78 is 38.1. The van der Waals surface area contributed by atoms with Crippen LogP contribution >= 0.6 is 0 Å². The van der Waals surface area contributed by atoms with Gasteiger partial charge in [-0.2, -0.15) is 13.2 Å². The molecule has 0 bridgehead atoms. The predicted octanol–water partition coefficient (Wildman–Crippen LogP) is 3.28. The van der Waals surface area contributed by atoms with Crippen LogP contribution in [0.3, 0.4) is 0 Å². The Hall–Kier alpha value is -1.65. The van der Waals surface area contributed by atoms with Gasteiger partial charge in [-0.05, 0) is 36.1 Å². The molecule has 5 heteroatoms. The minimum Gasteiger partial charge on any atom is -0.299 e. The minimum absolute atomic E-state index is 0.0167. The molecule has 0 radical (unpaired) electrons. The molecule has 1 aromatic carbocycles. The maximum atomic E-state index is 12.7. The van der Waals surface area contributed by atoms with Crippen LogP contribution in [0.15, 0.2) is 18.2 Å². The normalized spacial score (nSPS) is 26.1. The van der Waals surface area contributed by atoms with Crippen molar-refractivity contribution < 1.29 is 22.8 Å². The van der Waals surface area contributed by atoms with Crippen molar-refractivity contribution >= 4 is 11.6 Å². The van der Waals surface area contributed by atoms with Gasteiger partial charge in [-0.1, -0.05) is 6.07 Å². The molecule has 0 aromatic heterocycles. The third-order valence-corrected chi connectivity index (χ3v) is 4.31. The summed E-state index contributed by atoms with van der Waals surface area (Å²) in [5, 5.41) is 0. The molecule has 2 unspecified atom stereocenters. The highest BCUT2D eigenvalue weighted by atomic mass is 19.4. The lowest BCUT2D eigenvalue weighted by atomic mass is 9.67. The molecule has 2 nitrogen and oxygen atoms in total. The molecule has 106 valence electrons. The number of benzene rings is 1. The Labute approximate surface area is 114 Å². The largest absolute Gasteiger partial charge is 0.416 e. The molecule has 1 aromatic rings. The van der Waals surface area contributed by atoms with E-state index in [1.54, 1.807) is 0 Å². The number of hydrogen-bond donors (Lipinski definition) is 0. The third kappa shape index (κ3) is 2.15. The summed E-state index contributed by atoms with van der Waals surface area (Å²) >= 11 is 0. The van der Waals surface area contributed by atoms with Gasteiger partial charge in [-0.15, -0.1) is 0 Å². The standard InChI is InChI=1S/C15H13F3O2/c16-15(17,18)9-2-4-11-8(5-9)1-3-12-13(11)6-10(19)7-14(12)20/h2,4-5,12-13H,1,3,6-7H2. The van der Waals surface area contributed by atoms with Crippen molar-refractivity contribution in [2.24, 2.45) is 5.92 Å². The number of ketones is 2. The van der Waals surface area contributed by atoms with E-state index in [0.29, 0.717) is 18.4 Å². The van der Waals surface area contributed by atoms with Gasteiger partial charge in [0.05, 0.1) is 12.0 Å². The van der Waals surface area contributed by atoms with Crippen LogP contribution in [0.4, 0.5) is 13.2 Å². The molecule has 3 rings (SSSR count). The first kappa shape index (κ1) is 13.3. The molecule has 2 aliphatic carbocycles. The van der Waals surface area contributed by atoms with Crippen LogP contribution in [0.2, 0.25) is 0 Å². The lowest BCUT2D eigenvalue weighted by molar-refractivity contribution is -0.138. The molecule has 1 fully saturated rings. The van der Waals surface area contributed by atoms with Crippen molar-refractivity contribution in [1.82, 2.24) is 0 Å². The summed E-state index contributed by atoms with van der Waals surface area (Å²) in [5.74, 6) is -0.590. The van der Waals surface area contributed by atoms with Gasteiger partial charge in [-0.25, -0.2) is 0 Å².